The molecule has 5 nitrogen and oxygen atoms in total. The zero-order chi connectivity index (χ0) is 11.7. The van der Waals surface area contributed by atoms with Crippen molar-refractivity contribution < 1.29 is 4.79 Å². The Balaban J connectivity index is 3.51. The van der Waals surface area contributed by atoms with Crippen molar-refractivity contribution in [2.45, 2.75) is 33.6 Å². The summed E-state index contributed by atoms with van der Waals surface area (Å²) in [5.41, 5.74) is 8.03. The molecule has 0 aromatic rings. The highest BCUT2D eigenvalue weighted by molar-refractivity contribution is 5.78. The van der Waals surface area contributed by atoms with Crippen molar-refractivity contribution in [1.29, 1.82) is 0 Å². The average Bonchev–Trinajstić information content (AvgIpc) is 2.21. The van der Waals surface area contributed by atoms with Gasteiger partial charge in [0.1, 0.15) is 0 Å². The molecule has 5 heteroatoms. The fourth-order valence-corrected chi connectivity index (χ4v) is 1.03. The number of azide groups is 1. The van der Waals surface area contributed by atoms with E-state index in [1.54, 1.807) is 0 Å². The summed E-state index contributed by atoms with van der Waals surface area (Å²) in [5.74, 6) is 0.532. The number of nitrogens with one attached hydrogen (secondary N) is 1. The van der Waals surface area contributed by atoms with Gasteiger partial charge in [0.15, 0.2) is 0 Å². The van der Waals surface area contributed by atoms with Crippen LogP contribution in [0.25, 0.3) is 10.4 Å². The molecule has 1 atom stereocenters. The number of rotatable bonds is 7. The van der Waals surface area contributed by atoms with Crippen LogP contribution in [0.3, 0.4) is 0 Å². The summed E-state index contributed by atoms with van der Waals surface area (Å²) in [5, 5.41) is 6.29. The monoisotopic (exact) mass is 212 g/mol. The maximum atomic E-state index is 11.5. The summed E-state index contributed by atoms with van der Waals surface area (Å²) in [4.78, 5) is 14.1. The lowest BCUT2D eigenvalue weighted by atomic mass is 9.97. The summed E-state index contributed by atoms with van der Waals surface area (Å²) >= 11 is 0. The van der Waals surface area contributed by atoms with Gasteiger partial charge in [-0.1, -0.05) is 25.9 Å². The first kappa shape index (κ1) is 13.8. The van der Waals surface area contributed by atoms with Gasteiger partial charge in [0.2, 0.25) is 5.91 Å². The Labute approximate surface area is 90.9 Å². The molecule has 0 aliphatic rings. The van der Waals surface area contributed by atoms with Crippen molar-refractivity contribution in [3.63, 3.8) is 0 Å². The molecule has 0 spiro atoms. The molecule has 1 amide bonds. The Kier molecular flexibility index (Phi) is 7.46. The third kappa shape index (κ3) is 6.80. The Morgan fingerprint density at radius 2 is 2.07 bits per heavy atom. The van der Waals surface area contributed by atoms with Crippen LogP contribution in [0, 0.1) is 11.8 Å². The van der Waals surface area contributed by atoms with Crippen LogP contribution in [0.5, 0.6) is 0 Å². The van der Waals surface area contributed by atoms with Crippen molar-refractivity contribution in [2.75, 3.05) is 13.1 Å². The van der Waals surface area contributed by atoms with Gasteiger partial charge < -0.3 is 5.32 Å². The Morgan fingerprint density at radius 3 is 2.60 bits per heavy atom. The predicted octanol–water partition coefficient (Wildman–Crippen LogP) is 2.49. The summed E-state index contributed by atoms with van der Waals surface area (Å²) in [7, 11) is 0. The molecule has 0 aliphatic carbocycles. The SMILES string of the molecule is CC(C)C(C)C(=O)NCCCCN=[N+]=[N-]. The lowest BCUT2D eigenvalue weighted by Crippen LogP contribution is -2.32. The number of carbonyl (C=O) groups excluding carboxylic acids is 1. The molecule has 1 unspecified atom stereocenters. The lowest BCUT2D eigenvalue weighted by Gasteiger charge is -2.14. The summed E-state index contributed by atoms with van der Waals surface area (Å²) in [6.07, 6.45) is 1.68. The molecule has 1 N–H and O–H groups in total. The van der Waals surface area contributed by atoms with E-state index in [-0.39, 0.29) is 11.8 Å². The van der Waals surface area contributed by atoms with E-state index in [1.165, 1.54) is 0 Å². The first-order chi connectivity index (χ1) is 7.09. The standard InChI is InChI=1S/C10H20N4O/c1-8(2)9(3)10(15)12-6-4-5-7-13-14-11/h8-9H,4-7H2,1-3H3,(H,12,15). The van der Waals surface area contributed by atoms with E-state index in [2.05, 4.69) is 15.3 Å². The van der Waals surface area contributed by atoms with E-state index in [9.17, 15) is 4.79 Å². The Morgan fingerprint density at radius 1 is 1.40 bits per heavy atom. The number of hydrogen-bond donors (Lipinski definition) is 1. The number of carbonyl (C=O) groups is 1. The molecular weight excluding hydrogens is 192 g/mol. The van der Waals surface area contributed by atoms with E-state index in [0.29, 0.717) is 19.0 Å². The van der Waals surface area contributed by atoms with Crippen LogP contribution in [0.15, 0.2) is 5.11 Å². The van der Waals surface area contributed by atoms with E-state index in [0.717, 1.165) is 12.8 Å². The van der Waals surface area contributed by atoms with Gasteiger partial charge in [0.25, 0.3) is 0 Å². The largest absolute Gasteiger partial charge is 0.356 e. The topological polar surface area (TPSA) is 77.9 Å². The first-order valence-corrected chi connectivity index (χ1v) is 5.38. The van der Waals surface area contributed by atoms with Crippen LogP contribution >= 0.6 is 0 Å². The van der Waals surface area contributed by atoms with Crippen molar-refractivity contribution in [3.8, 4) is 0 Å². The van der Waals surface area contributed by atoms with E-state index >= 15 is 0 Å². The second-order valence-electron chi connectivity index (χ2n) is 3.99. The first-order valence-electron chi connectivity index (χ1n) is 5.38. The number of amides is 1. The van der Waals surface area contributed by atoms with Crippen molar-refractivity contribution >= 4 is 5.91 Å². The van der Waals surface area contributed by atoms with Gasteiger partial charge in [0, 0.05) is 23.9 Å². The minimum absolute atomic E-state index is 0.0575. The van der Waals surface area contributed by atoms with Gasteiger partial charge in [-0.2, -0.15) is 0 Å². The van der Waals surface area contributed by atoms with Crippen LogP contribution in [0.2, 0.25) is 0 Å². The maximum absolute atomic E-state index is 11.5. The molecule has 0 saturated carbocycles. The molecule has 0 fully saturated rings. The third-order valence-electron chi connectivity index (χ3n) is 2.46. The van der Waals surface area contributed by atoms with Gasteiger partial charge in [0.05, 0.1) is 0 Å². The van der Waals surface area contributed by atoms with Crippen molar-refractivity contribution in [2.24, 2.45) is 17.0 Å². The van der Waals surface area contributed by atoms with Gasteiger partial charge in [-0.3, -0.25) is 4.79 Å². The third-order valence-corrected chi connectivity index (χ3v) is 2.46. The van der Waals surface area contributed by atoms with E-state index in [1.807, 2.05) is 20.8 Å². The van der Waals surface area contributed by atoms with Gasteiger partial charge in [-0.05, 0) is 24.3 Å². The summed E-state index contributed by atoms with van der Waals surface area (Å²) in [6, 6.07) is 0. The van der Waals surface area contributed by atoms with Gasteiger partial charge in [-0.25, -0.2) is 0 Å². The smallest absolute Gasteiger partial charge is 0.223 e. The Bertz CT molecular complexity index is 234. The average molecular weight is 212 g/mol. The highest BCUT2D eigenvalue weighted by Gasteiger charge is 2.15. The number of unbranched alkanes of at least 4 members (excludes halogenated alkanes) is 1. The van der Waals surface area contributed by atoms with Crippen molar-refractivity contribution in [3.05, 3.63) is 10.4 Å². The Hall–Kier alpha value is -1.22. The zero-order valence-electron chi connectivity index (χ0n) is 9.73. The lowest BCUT2D eigenvalue weighted by molar-refractivity contribution is -0.125. The minimum atomic E-state index is 0.0575. The molecule has 0 aromatic heterocycles. The number of nitrogens with zero attached hydrogens (tertiary/aromatic N) is 3. The molecule has 0 heterocycles. The van der Waals surface area contributed by atoms with E-state index in [4.69, 9.17) is 5.53 Å². The zero-order valence-corrected chi connectivity index (χ0v) is 9.73. The molecule has 0 bridgehead atoms. The van der Waals surface area contributed by atoms with Crippen LogP contribution in [-0.2, 0) is 4.79 Å². The van der Waals surface area contributed by atoms with Crippen molar-refractivity contribution in [1.82, 2.24) is 5.32 Å². The maximum Gasteiger partial charge on any atom is 0.223 e. The molecule has 0 aliphatic heterocycles. The molecule has 0 aromatic carbocycles. The van der Waals surface area contributed by atoms with Crippen LogP contribution in [0.4, 0.5) is 0 Å². The minimum Gasteiger partial charge on any atom is -0.356 e. The van der Waals surface area contributed by atoms with E-state index < -0.39 is 0 Å². The molecule has 15 heavy (non-hydrogen) atoms. The molecule has 0 rings (SSSR count). The fourth-order valence-electron chi connectivity index (χ4n) is 1.03. The normalized spacial score (nSPS) is 12.0. The highest BCUT2D eigenvalue weighted by atomic mass is 16.1. The van der Waals surface area contributed by atoms with Crippen LogP contribution < -0.4 is 5.32 Å². The number of hydrogen-bond acceptors (Lipinski definition) is 2. The summed E-state index contributed by atoms with van der Waals surface area (Å²) < 4.78 is 0. The highest BCUT2D eigenvalue weighted by Crippen LogP contribution is 2.08. The molecule has 86 valence electrons. The van der Waals surface area contributed by atoms with Crippen LogP contribution in [-0.4, -0.2) is 19.0 Å². The molecule has 0 saturated heterocycles. The quantitative estimate of drug-likeness (QED) is 0.299. The molecule has 0 radical (unpaired) electrons. The summed E-state index contributed by atoms with van der Waals surface area (Å²) in [6.45, 7) is 7.17. The predicted molar refractivity (Wildman–Crippen MR) is 60.3 cm³/mol. The fraction of sp³-hybridized carbons (Fsp3) is 0.900. The second-order valence-corrected chi connectivity index (χ2v) is 3.99. The second kappa shape index (κ2) is 8.12. The van der Waals surface area contributed by atoms with Gasteiger partial charge in [-0.15, -0.1) is 0 Å². The van der Waals surface area contributed by atoms with Crippen LogP contribution in [0.1, 0.15) is 33.6 Å². The molecular formula is C10H20N4O. The van der Waals surface area contributed by atoms with Gasteiger partial charge >= 0.3 is 0 Å².